The van der Waals surface area contributed by atoms with E-state index in [1.165, 1.54) is 57.4 Å². The number of carbonyl (C=O) groups excluding carboxylic acids is 3. The first-order valence-corrected chi connectivity index (χ1v) is 23.0. The Kier molecular flexibility index (Phi) is 10.6. The Morgan fingerprint density at radius 3 is 2.23 bits per heavy atom. The molecule has 0 aromatic heterocycles. The predicted molar refractivity (Wildman–Crippen MR) is 156 cm³/mol. The van der Waals surface area contributed by atoms with Gasteiger partial charge in [-0.25, -0.2) is 0 Å². The van der Waals surface area contributed by atoms with Crippen LogP contribution in [0.4, 0.5) is 0 Å². The molecule has 3 fully saturated rings. The second-order valence-corrected chi connectivity index (χ2v) is 24.8. The standard InChI is InChI=1S/C20H20NO5.3C4H9.Sn/c1-13-11-20(10-9-17(22)26-20)19(24)21-15(13)7-8-16(21)18(23)25-12-14-5-3-2-4-6-14;3*1-3-4-2;/h1-6,15-16H,7-12H2;3*1,3-4H2,2H3;/t15?,16-,20+;;;;/m0..../s1. The Bertz CT molecular complexity index is 1020. The van der Waals surface area contributed by atoms with Crippen LogP contribution in [0.2, 0.25) is 13.3 Å². The fourth-order valence-electron chi connectivity index (χ4n) is 6.89. The van der Waals surface area contributed by atoms with Crippen molar-refractivity contribution in [3.05, 3.63) is 45.6 Å². The molecule has 3 heterocycles. The van der Waals surface area contributed by atoms with Gasteiger partial charge in [0.25, 0.3) is 0 Å². The van der Waals surface area contributed by atoms with E-state index in [0.29, 0.717) is 19.3 Å². The number of piperidine rings is 1. The van der Waals surface area contributed by atoms with Gasteiger partial charge in [0.05, 0.1) is 0 Å². The molecule has 3 saturated heterocycles. The van der Waals surface area contributed by atoms with Gasteiger partial charge in [0.1, 0.15) is 0 Å². The summed E-state index contributed by atoms with van der Waals surface area (Å²) >= 11 is -2.72. The topological polar surface area (TPSA) is 72.9 Å². The van der Waals surface area contributed by atoms with E-state index < -0.39 is 30.0 Å². The molecule has 1 unspecified atom stereocenters. The third-order valence-corrected chi connectivity index (χ3v) is 23.4. The Morgan fingerprint density at radius 2 is 1.67 bits per heavy atom. The molecule has 1 aromatic carbocycles. The zero-order valence-corrected chi connectivity index (χ0v) is 27.1. The van der Waals surface area contributed by atoms with Gasteiger partial charge >= 0.3 is 240 Å². The average molecular weight is 644 g/mol. The molecule has 6 nitrogen and oxygen atoms in total. The molecular weight excluding hydrogens is 597 g/mol. The fraction of sp³-hybridized carbons (Fsp3) is 0.656. The first-order chi connectivity index (χ1) is 18.9. The van der Waals surface area contributed by atoms with Gasteiger partial charge in [-0.05, 0) is 0 Å². The number of nitrogens with zero attached hydrogens (tertiary/aromatic N) is 1. The van der Waals surface area contributed by atoms with Gasteiger partial charge in [0.2, 0.25) is 0 Å². The van der Waals surface area contributed by atoms with E-state index in [1.807, 2.05) is 30.3 Å². The van der Waals surface area contributed by atoms with Crippen molar-refractivity contribution in [2.45, 2.75) is 129 Å². The van der Waals surface area contributed by atoms with Gasteiger partial charge in [-0.15, -0.1) is 0 Å². The third-order valence-electron chi connectivity index (χ3n) is 9.04. The summed E-state index contributed by atoms with van der Waals surface area (Å²) in [7, 11) is 0. The fourth-order valence-corrected chi connectivity index (χ4v) is 22.4. The van der Waals surface area contributed by atoms with Crippen LogP contribution in [0.25, 0.3) is 0 Å². The predicted octanol–water partition coefficient (Wildman–Crippen LogP) is 6.88. The summed E-state index contributed by atoms with van der Waals surface area (Å²) in [6.07, 6.45) is 9.90. The molecule has 0 radical (unpaired) electrons. The number of esters is 2. The van der Waals surface area contributed by atoms with Crippen LogP contribution in [0.1, 0.15) is 97.0 Å². The Balaban J connectivity index is 1.67. The van der Waals surface area contributed by atoms with Crippen LogP contribution in [0.3, 0.4) is 0 Å². The molecular formula is C32H47NO5Sn. The minimum atomic E-state index is -2.72. The monoisotopic (exact) mass is 645 g/mol. The number of hydrogen-bond donors (Lipinski definition) is 0. The zero-order valence-electron chi connectivity index (χ0n) is 24.2. The molecule has 3 aliphatic heterocycles. The molecule has 0 bridgehead atoms. The van der Waals surface area contributed by atoms with Crippen LogP contribution in [0.15, 0.2) is 40.0 Å². The number of ether oxygens (including phenoxy) is 2. The van der Waals surface area contributed by atoms with Crippen molar-refractivity contribution in [2.75, 3.05) is 0 Å². The Hall–Kier alpha value is -1.83. The van der Waals surface area contributed by atoms with Gasteiger partial charge in [0.15, 0.2) is 0 Å². The summed E-state index contributed by atoms with van der Waals surface area (Å²) in [6, 6.07) is 8.93. The number of amides is 1. The van der Waals surface area contributed by atoms with E-state index in [9.17, 15) is 14.4 Å². The van der Waals surface area contributed by atoms with Crippen molar-refractivity contribution in [3.63, 3.8) is 0 Å². The van der Waals surface area contributed by atoms with Gasteiger partial charge in [-0.3, -0.25) is 0 Å². The van der Waals surface area contributed by atoms with Crippen LogP contribution < -0.4 is 0 Å². The Labute approximate surface area is 238 Å². The molecule has 3 atom stereocenters. The van der Waals surface area contributed by atoms with E-state index in [4.69, 9.17) is 9.47 Å². The SMILES string of the molecule is CCC[CH2][Sn](/[CH]=C1/C[C@]2(CCC(=O)O2)C(=O)N2C1CC[C@H]2C(=O)OCc1ccccc1)([CH2]CCC)[CH2]CCC. The van der Waals surface area contributed by atoms with Gasteiger partial charge in [0, 0.05) is 0 Å². The van der Waals surface area contributed by atoms with Crippen molar-refractivity contribution in [3.8, 4) is 0 Å². The number of carbonyl (C=O) groups is 3. The van der Waals surface area contributed by atoms with Crippen LogP contribution in [-0.4, -0.2) is 58.8 Å². The summed E-state index contributed by atoms with van der Waals surface area (Å²) < 4.78 is 18.3. The van der Waals surface area contributed by atoms with Crippen LogP contribution in [-0.2, 0) is 30.5 Å². The molecule has 39 heavy (non-hydrogen) atoms. The molecule has 214 valence electrons. The first-order valence-electron chi connectivity index (χ1n) is 15.3. The second kappa shape index (κ2) is 13.7. The molecule has 3 aliphatic rings. The molecule has 0 N–H and O–H groups in total. The van der Waals surface area contributed by atoms with Crippen molar-refractivity contribution >= 4 is 36.2 Å². The Morgan fingerprint density at radius 1 is 1.03 bits per heavy atom. The maximum absolute atomic E-state index is 14.0. The van der Waals surface area contributed by atoms with E-state index in [-0.39, 0.29) is 36.9 Å². The van der Waals surface area contributed by atoms with Crippen molar-refractivity contribution in [2.24, 2.45) is 0 Å². The van der Waals surface area contributed by atoms with E-state index >= 15 is 0 Å². The van der Waals surface area contributed by atoms with E-state index in [2.05, 4.69) is 24.9 Å². The first kappa shape index (κ1) is 30.1. The molecule has 1 spiro atoms. The maximum atomic E-state index is 14.0. The summed E-state index contributed by atoms with van der Waals surface area (Å²) in [6.45, 7) is 7.02. The van der Waals surface area contributed by atoms with Crippen LogP contribution in [0, 0.1) is 0 Å². The normalized spacial score (nSPS) is 25.8. The van der Waals surface area contributed by atoms with E-state index in [1.54, 1.807) is 4.90 Å². The molecule has 7 heteroatoms. The van der Waals surface area contributed by atoms with Crippen LogP contribution >= 0.6 is 0 Å². The molecule has 0 aliphatic carbocycles. The summed E-state index contributed by atoms with van der Waals surface area (Å²) in [5.41, 5.74) is 1.05. The van der Waals surface area contributed by atoms with Gasteiger partial charge in [-0.1, -0.05) is 0 Å². The average Bonchev–Trinajstić information content (AvgIpc) is 3.56. The number of rotatable bonds is 13. The second-order valence-electron chi connectivity index (χ2n) is 12.0. The summed E-state index contributed by atoms with van der Waals surface area (Å²) in [4.78, 5) is 41.5. The van der Waals surface area contributed by atoms with Gasteiger partial charge < -0.3 is 0 Å². The van der Waals surface area contributed by atoms with Gasteiger partial charge in [-0.2, -0.15) is 0 Å². The summed E-state index contributed by atoms with van der Waals surface area (Å²) in [5.74, 6) is -0.847. The van der Waals surface area contributed by atoms with Crippen molar-refractivity contribution in [1.29, 1.82) is 0 Å². The van der Waals surface area contributed by atoms with E-state index in [0.717, 1.165) is 12.0 Å². The zero-order chi connectivity index (χ0) is 27.9. The number of benzene rings is 1. The third kappa shape index (κ3) is 6.91. The molecule has 1 aromatic rings. The molecule has 1 amide bonds. The summed E-state index contributed by atoms with van der Waals surface area (Å²) in [5, 5.41) is 0. The quantitative estimate of drug-likeness (QED) is 0.173. The van der Waals surface area contributed by atoms with Crippen molar-refractivity contribution < 1.29 is 23.9 Å². The molecule has 0 saturated carbocycles. The van der Waals surface area contributed by atoms with Crippen LogP contribution in [0.5, 0.6) is 0 Å². The van der Waals surface area contributed by atoms with Crippen molar-refractivity contribution in [1.82, 2.24) is 4.90 Å². The number of hydrogen-bond acceptors (Lipinski definition) is 5. The number of fused-ring (bicyclic) bond motifs is 1. The minimum absolute atomic E-state index is 0.0855. The molecule has 4 rings (SSSR count). The number of unbranched alkanes of at least 4 members (excludes halogenated alkanes) is 3.